The molecule has 0 spiro atoms. The molecule has 0 saturated carbocycles. The Bertz CT molecular complexity index is 833. The number of nitrogens with zero attached hydrogens (tertiary/aromatic N) is 2. The van der Waals surface area contributed by atoms with Gasteiger partial charge in [0.1, 0.15) is 12.3 Å². The van der Waals surface area contributed by atoms with Crippen LogP contribution in [0.3, 0.4) is 0 Å². The van der Waals surface area contributed by atoms with E-state index in [4.69, 9.17) is 4.74 Å². The van der Waals surface area contributed by atoms with E-state index >= 15 is 0 Å². The van der Waals surface area contributed by atoms with E-state index in [1.807, 2.05) is 36.4 Å². The Kier molecular flexibility index (Phi) is 10.3. The highest BCUT2D eigenvalue weighted by molar-refractivity contribution is 14.0. The predicted molar refractivity (Wildman–Crippen MR) is 134 cm³/mol. The summed E-state index contributed by atoms with van der Waals surface area (Å²) in [6.45, 7) is 1.51. The highest BCUT2D eigenvalue weighted by atomic mass is 127. The number of ether oxygens (including phenoxy) is 1. The first kappa shape index (κ1) is 24.3. The van der Waals surface area contributed by atoms with Gasteiger partial charge in [-0.05, 0) is 18.2 Å². The molecule has 2 aromatic rings. The molecule has 162 valence electrons. The van der Waals surface area contributed by atoms with E-state index < -0.39 is 0 Å². The van der Waals surface area contributed by atoms with Gasteiger partial charge >= 0.3 is 0 Å². The number of guanidine groups is 1. The first-order valence-corrected chi connectivity index (χ1v) is 10.8. The van der Waals surface area contributed by atoms with Crippen LogP contribution in [0.1, 0.15) is 18.0 Å². The Labute approximate surface area is 199 Å². The Hall–Kier alpha value is -1.94. The lowest BCUT2D eigenvalue weighted by Crippen LogP contribution is -2.42. The molecular weight excluding hydrogens is 511 g/mol. The molecule has 3 rings (SSSR count). The zero-order chi connectivity index (χ0) is 20.5. The number of para-hydroxylation sites is 1. The number of amides is 1. The van der Waals surface area contributed by atoms with Crippen molar-refractivity contribution in [3.63, 3.8) is 0 Å². The maximum atomic E-state index is 12.0. The third-order valence-electron chi connectivity index (χ3n) is 4.55. The SMILES string of the molecule is CN(C)C(=O)CN=C(NCCSc1ccccc1)NC1CCOc2ccccc21.I. The van der Waals surface area contributed by atoms with Crippen molar-refractivity contribution < 1.29 is 9.53 Å². The molecule has 1 heterocycles. The summed E-state index contributed by atoms with van der Waals surface area (Å²) < 4.78 is 5.75. The molecule has 2 aromatic carbocycles. The van der Waals surface area contributed by atoms with Crippen LogP contribution in [-0.2, 0) is 4.79 Å². The second kappa shape index (κ2) is 12.7. The van der Waals surface area contributed by atoms with Gasteiger partial charge in [-0.2, -0.15) is 0 Å². The van der Waals surface area contributed by atoms with Crippen LogP contribution in [0.25, 0.3) is 0 Å². The Morgan fingerprint density at radius 1 is 1.17 bits per heavy atom. The normalized spacial score (nSPS) is 15.3. The highest BCUT2D eigenvalue weighted by Gasteiger charge is 2.22. The third-order valence-corrected chi connectivity index (χ3v) is 5.56. The van der Waals surface area contributed by atoms with Gasteiger partial charge in [0.15, 0.2) is 5.96 Å². The van der Waals surface area contributed by atoms with Gasteiger partial charge in [0.2, 0.25) is 5.91 Å². The van der Waals surface area contributed by atoms with Crippen LogP contribution in [0.15, 0.2) is 64.5 Å². The number of carbonyl (C=O) groups is 1. The Morgan fingerprint density at radius 2 is 1.90 bits per heavy atom. The lowest BCUT2D eigenvalue weighted by molar-refractivity contribution is -0.127. The Balaban J connectivity index is 0.00000320. The van der Waals surface area contributed by atoms with Gasteiger partial charge in [-0.3, -0.25) is 4.79 Å². The molecule has 2 N–H and O–H groups in total. The van der Waals surface area contributed by atoms with E-state index in [1.54, 1.807) is 30.8 Å². The summed E-state index contributed by atoms with van der Waals surface area (Å²) in [6, 6.07) is 18.5. The van der Waals surface area contributed by atoms with E-state index in [2.05, 4.69) is 33.8 Å². The molecule has 0 saturated heterocycles. The van der Waals surface area contributed by atoms with Crippen molar-refractivity contribution in [3.8, 4) is 5.75 Å². The van der Waals surface area contributed by atoms with Crippen molar-refractivity contribution in [3.05, 3.63) is 60.2 Å². The van der Waals surface area contributed by atoms with Gasteiger partial charge in [0.05, 0.1) is 12.6 Å². The molecule has 30 heavy (non-hydrogen) atoms. The quantitative estimate of drug-likeness (QED) is 0.185. The number of halogens is 1. The van der Waals surface area contributed by atoms with Gasteiger partial charge < -0.3 is 20.3 Å². The first-order chi connectivity index (χ1) is 14.1. The molecule has 0 aliphatic carbocycles. The summed E-state index contributed by atoms with van der Waals surface area (Å²) in [5, 5.41) is 6.85. The van der Waals surface area contributed by atoms with Gasteiger partial charge in [-0.25, -0.2) is 4.99 Å². The average Bonchev–Trinajstić information content (AvgIpc) is 2.75. The third kappa shape index (κ3) is 7.39. The van der Waals surface area contributed by atoms with E-state index in [-0.39, 0.29) is 42.5 Å². The van der Waals surface area contributed by atoms with Gasteiger partial charge in [-0.15, -0.1) is 35.7 Å². The topological polar surface area (TPSA) is 66.0 Å². The van der Waals surface area contributed by atoms with E-state index in [1.165, 1.54) is 4.90 Å². The number of likely N-dealkylation sites (N-methyl/N-ethyl adjacent to an activating group) is 1. The molecule has 1 atom stereocenters. The Morgan fingerprint density at radius 3 is 2.67 bits per heavy atom. The molecule has 1 amide bonds. The lowest BCUT2D eigenvalue weighted by atomic mass is 10.0. The minimum absolute atomic E-state index is 0. The van der Waals surface area contributed by atoms with Crippen LogP contribution in [-0.4, -0.2) is 56.3 Å². The molecule has 8 heteroatoms. The number of hydrogen-bond acceptors (Lipinski definition) is 4. The summed E-state index contributed by atoms with van der Waals surface area (Å²) in [7, 11) is 3.48. The minimum atomic E-state index is -0.0304. The largest absolute Gasteiger partial charge is 0.493 e. The van der Waals surface area contributed by atoms with Crippen molar-refractivity contribution in [1.82, 2.24) is 15.5 Å². The first-order valence-electron chi connectivity index (χ1n) is 9.78. The zero-order valence-corrected chi connectivity index (χ0v) is 20.5. The summed E-state index contributed by atoms with van der Waals surface area (Å²) in [5.41, 5.74) is 1.12. The number of carbonyl (C=O) groups excluding carboxylic acids is 1. The highest BCUT2D eigenvalue weighted by Crippen LogP contribution is 2.31. The fourth-order valence-corrected chi connectivity index (χ4v) is 3.74. The molecule has 0 aromatic heterocycles. The van der Waals surface area contributed by atoms with E-state index in [9.17, 15) is 4.79 Å². The van der Waals surface area contributed by atoms with Crippen LogP contribution in [0.5, 0.6) is 5.75 Å². The van der Waals surface area contributed by atoms with E-state index in [0.29, 0.717) is 12.6 Å². The molecule has 1 aliphatic rings. The molecular formula is C22H29IN4O2S. The molecule has 0 fully saturated rings. The molecule has 0 bridgehead atoms. The van der Waals surface area contributed by atoms with Gasteiger partial charge in [-0.1, -0.05) is 36.4 Å². The minimum Gasteiger partial charge on any atom is -0.493 e. The number of rotatable bonds is 7. The van der Waals surface area contributed by atoms with Crippen molar-refractivity contribution in [1.29, 1.82) is 0 Å². The number of thioether (sulfide) groups is 1. The summed E-state index contributed by atoms with van der Waals surface area (Å²) in [6.07, 6.45) is 0.845. The van der Waals surface area contributed by atoms with Crippen molar-refractivity contribution in [2.45, 2.75) is 17.4 Å². The average molecular weight is 540 g/mol. The maximum Gasteiger partial charge on any atom is 0.243 e. The number of fused-ring (bicyclic) bond motifs is 1. The summed E-state index contributed by atoms with van der Waals surface area (Å²) in [5.74, 6) is 2.42. The van der Waals surface area contributed by atoms with Crippen LogP contribution in [0.4, 0.5) is 0 Å². The molecule has 0 radical (unpaired) electrons. The fraction of sp³-hybridized carbons (Fsp3) is 0.364. The van der Waals surface area contributed by atoms with Crippen LogP contribution in [0, 0.1) is 0 Å². The van der Waals surface area contributed by atoms with Crippen molar-refractivity contribution in [2.75, 3.05) is 39.5 Å². The van der Waals surface area contributed by atoms with Crippen molar-refractivity contribution >= 4 is 47.6 Å². The number of benzene rings is 2. The maximum absolute atomic E-state index is 12.0. The number of nitrogens with one attached hydrogen (secondary N) is 2. The lowest BCUT2D eigenvalue weighted by Gasteiger charge is -2.28. The number of aliphatic imine (C=N–C) groups is 1. The van der Waals surface area contributed by atoms with Crippen molar-refractivity contribution in [2.24, 2.45) is 4.99 Å². The fourth-order valence-electron chi connectivity index (χ4n) is 2.95. The van der Waals surface area contributed by atoms with Crippen LogP contribution in [0.2, 0.25) is 0 Å². The monoisotopic (exact) mass is 540 g/mol. The second-order valence-corrected chi connectivity index (χ2v) is 8.08. The summed E-state index contributed by atoms with van der Waals surface area (Å²) >= 11 is 1.79. The second-order valence-electron chi connectivity index (χ2n) is 6.91. The van der Waals surface area contributed by atoms with E-state index in [0.717, 1.165) is 30.0 Å². The van der Waals surface area contributed by atoms with Gasteiger partial charge in [0, 0.05) is 43.3 Å². The van der Waals surface area contributed by atoms with Gasteiger partial charge in [0.25, 0.3) is 0 Å². The zero-order valence-electron chi connectivity index (χ0n) is 17.3. The smallest absolute Gasteiger partial charge is 0.243 e. The molecule has 6 nitrogen and oxygen atoms in total. The molecule has 1 unspecified atom stereocenters. The standard InChI is InChI=1S/C22H28N4O2S.HI/c1-26(2)21(27)16-24-22(23-13-15-29-17-8-4-3-5-9-17)25-19-12-14-28-20-11-7-6-10-18(19)20;/h3-11,19H,12-16H2,1-2H3,(H2,23,24,25);1H. The molecule has 1 aliphatic heterocycles. The predicted octanol–water partition coefficient (Wildman–Crippen LogP) is 3.54. The van der Waals surface area contributed by atoms with Crippen LogP contribution < -0.4 is 15.4 Å². The number of hydrogen-bond donors (Lipinski definition) is 2. The van der Waals surface area contributed by atoms with Crippen LogP contribution >= 0.6 is 35.7 Å². The summed E-state index contributed by atoms with van der Waals surface area (Å²) in [4.78, 5) is 19.3.